The summed E-state index contributed by atoms with van der Waals surface area (Å²) in [6.45, 7) is 1.52. The second kappa shape index (κ2) is 8.19. The molecule has 164 valence electrons. The minimum Gasteiger partial charge on any atom is -0.225 e. The van der Waals surface area contributed by atoms with Crippen LogP contribution in [0.25, 0.3) is 0 Å². The fourth-order valence-electron chi connectivity index (χ4n) is 3.09. The summed E-state index contributed by atoms with van der Waals surface area (Å²) in [7, 11) is -11.7. The van der Waals surface area contributed by atoms with Gasteiger partial charge < -0.3 is 0 Å². The number of hydrogen-bond acceptors (Lipinski definition) is 6. The Balaban J connectivity index is 1.78. The van der Waals surface area contributed by atoms with E-state index in [4.69, 9.17) is 16.7 Å². The molecule has 30 heavy (non-hydrogen) atoms. The average Bonchev–Trinajstić information content (AvgIpc) is 2.69. The molecule has 1 aliphatic heterocycles. The van der Waals surface area contributed by atoms with Gasteiger partial charge in [0.1, 0.15) is 0 Å². The highest BCUT2D eigenvalue weighted by Gasteiger charge is 2.34. The molecule has 0 amide bonds. The topological polar surface area (TPSA) is 135 Å². The van der Waals surface area contributed by atoms with Gasteiger partial charge in [-0.2, -0.15) is 8.61 Å². The third-order valence-corrected chi connectivity index (χ3v) is 9.87. The Kier molecular flexibility index (Phi) is 6.31. The van der Waals surface area contributed by atoms with Gasteiger partial charge in [0.25, 0.3) is 0 Å². The van der Waals surface area contributed by atoms with Gasteiger partial charge in [-0.3, -0.25) is 0 Å². The van der Waals surface area contributed by atoms with Crippen LogP contribution in [0.5, 0.6) is 0 Å². The van der Waals surface area contributed by atoms with Gasteiger partial charge in [-0.05, 0) is 48.9 Å². The number of piperazine rings is 1. The summed E-state index contributed by atoms with van der Waals surface area (Å²) in [6, 6.07) is 9.14. The van der Waals surface area contributed by atoms with E-state index in [-0.39, 0.29) is 40.9 Å². The van der Waals surface area contributed by atoms with Crippen molar-refractivity contribution in [1.82, 2.24) is 8.61 Å². The summed E-state index contributed by atoms with van der Waals surface area (Å²) < 4.78 is 76.6. The van der Waals surface area contributed by atoms with Crippen LogP contribution in [0.4, 0.5) is 0 Å². The zero-order valence-corrected chi connectivity index (χ0v) is 19.1. The standard InChI is InChI=1S/C17H20ClN3O6S3/c1-13-2-3-14(18)12-17(13)30(26,27)21-10-8-20(9-11-21)29(24,25)16-6-4-15(5-7-16)28(19,22)23/h2-7,12H,8-11H2,1H3,(H2,19,22,23). The van der Waals surface area contributed by atoms with E-state index >= 15 is 0 Å². The largest absolute Gasteiger partial charge is 0.243 e. The number of halogens is 1. The van der Waals surface area contributed by atoms with Gasteiger partial charge in [-0.15, -0.1) is 0 Å². The molecule has 1 aliphatic rings. The van der Waals surface area contributed by atoms with Crippen LogP contribution in [0.3, 0.4) is 0 Å². The molecule has 2 aromatic rings. The third kappa shape index (κ3) is 4.54. The Bertz CT molecular complexity index is 1270. The first-order valence-electron chi connectivity index (χ1n) is 8.73. The van der Waals surface area contributed by atoms with Crippen molar-refractivity contribution in [1.29, 1.82) is 0 Å². The van der Waals surface area contributed by atoms with Crippen LogP contribution in [0.1, 0.15) is 5.56 Å². The molecule has 0 aliphatic carbocycles. The Morgan fingerprint density at radius 2 is 1.23 bits per heavy atom. The zero-order chi connectivity index (χ0) is 22.3. The van der Waals surface area contributed by atoms with Gasteiger partial charge in [0.15, 0.2) is 0 Å². The molecular weight excluding hydrogens is 474 g/mol. The molecule has 0 spiro atoms. The molecule has 1 fully saturated rings. The maximum Gasteiger partial charge on any atom is 0.243 e. The second-order valence-corrected chi connectivity index (χ2v) is 12.6. The van der Waals surface area contributed by atoms with Crippen LogP contribution in [0.15, 0.2) is 57.2 Å². The molecule has 1 heterocycles. The minimum absolute atomic E-state index is 0.0250. The lowest BCUT2D eigenvalue weighted by Gasteiger charge is -2.33. The highest BCUT2D eigenvalue weighted by molar-refractivity contribution is 7.90. The lowest BCUT2D eigenvalue weighted by molar-refractivity contribution is 0.272. The van der Waals surface area contributed by atoms with E-state index in [0.29, 0.717) is 10.6 Å². The van der Waals surface area contributed by atoms with Gasteiger partial charge in [-0.1, -0.05) is 17.7 Å². The Hall–Kier alpha value is -1.54. The first kappa shape index (κ1) is 23.1. The molecule has 0 bridgehead atoms. The van der Waals surface area contributed by atoms with Gasteiger partial charge in [0.2, 0.25) is 30.1 Å². The van der Waals surface area contributed by atoms with Crippen molar-refractivity contribution in [3.05, 3.63) is 53.1 Å². The molecule has 0 saturated carbocycles. The number of hydrogen-bond donors (Lipinski definition) is 1. The number of sulfonamides is 3. The minimum atomic E-state index is -3.94. The maximum atomic E-state index is 12.9. The fraction of sp³-hybridized carbons (Fsp3) is 0.294. The normalized spacial score (nSPS) is 17.2. The summed E-state index contributed by atoms with van der Waals surface area (Å²) in [4.78, 5) is -0.212. The number of primary sulfonamides is 1. The molecule has 3 rings (SSSR count). The lowest BCUT2D eigenvalue weighted by Crippen LogP contribution is -2.50. The van der Waals surface area contributed by atoms with Crippen LogP contribution >= 0.6 is 11.6 Å². The summed E-state index contributed by atoms with van der Waals surface area (Å²) in [6.07, 6.45) is 0. The zero-order valence-electron chi connectivity index (χ0n) is 15.9. The van der Waals surface area contributed by atoms with Crippen molar-refractivity contribution in [3.63, 3.8) is 0 Å². The van der Waals surface area contributed by atoms with E-state index in [9.17, 15) is 25.3 Å². The molecule has 0 radical (unpaired) electrons. The molecule has 0 unspecified atom stereocenters. The van der Waals surface area contributed by atoms with E-state index < -0.39 is 30.1 Å². The highest BCUT2D eigenvalue weighted by atomic mass is 35.5. The van der Waals surface area contributed by atoms with Crippen LogP contribution in [0, 0.1) is 6.92 Å². The number of benzene rings is 2. The van der Waals surface area contributed by atoms with Crippen molar-refractivity contribution in [2.75, 3.05) is 26.2 Å². The van der Waals surface area contributed by atoms with E-state index in [2.05, 4.69) is 0 Å². The van der Waals surface area contributed by atoms with Crippen molar-refractivity contribution >= 4 is 41.7 Å². The summed E-state index contributed by atoms with van der Waals surface area (Å²) in [5, 5.41) is 5.32. The maximum absolute atomic E-state index is 12.9. The number of rotatable bonds is 5. The van der Waals surface area contributed by atoms with E-state index in [1.807, 2.05) is 0 Å². The Morgan fingerprint density at radius 1 is 0.767 bits per heavy atom. The Morgan fingerprint density at radius 3 is 1.73 bits per heavy atom. The van der Waals surface area contributed by atoms with E-state index in [1.54, 1.807) is 19.1 Å². The fourth-order valence-corrected chi connectivity index (χ4v) is 6.94. The van der Waals surface area contributed by atoms with Crippen molar-refractivity contribution in [2.24, 2.45) is 5.14 Å². The van der Waals surface area contributed by atoms with Crippen LogP contribution in [0.2, 0.25) is 5.02 Å². The van der Waals surface area contributed by atoms with Crippen molar-refractivity contribution in [2.45, 2.75) is 21.6 Å². The van der Waals surface area contributed by atoms with Crippen molar-refractivity contribution in [3.8, 4) is 0 Å². The quantitative estimate of drug-likeness (QED) is 0.659. The molecule has 9 nitrogen and oxygen atoms in total. The molecule has 13 heteroatoms. The predicted octanol–water partition coefficient (Wildman–Crippen LogP) is 0.991. The van der Waals surface area contributed by atoms with E-state index in [1.165, 1.54) is 10.4 Å². The van der Waals surface area contributed by atoms with E-state index in [0.717, 1.165) is 28.6 Å². The second-order valence-electron chi connectivity index (χ2n) is 6.73. The first-order valence-corrected chi connectivity index (χ1v) is 13.5. The lowest BCUT2D eigenvalue weighted by atomic mass is 10.2. The van der Waals surface area contributed by atoms with Gasteiger partial charge >= 0.3 is 0 Å². The molecule has 1 saturated heterocycles. The first-order chi connectivity index (χ1) is 13.8. The third-order valence-electron chi connectivity index (χ3n) is 4.76. The number of nitrogens with two attached hydrogens (primary N) is 1. The monoisotopic (exact) mass is 493 g/mol. The smallest absolute Gasteiger partial charge is 0.225 e. The van der Waals surface area contributed by atoms with Gasteiger partial charge in [0, 0.05) is 31.2 Å². The summed E-state index contributed by atoms with van der Waals surface area (Å²) in [5.74, 6) is 0. The number of nitrogens with zero attached hydrogens (tertiary/aromatic N) is 2. The molecule has 2 aromatic carbocycles. The van der Waals surface area contributed by atoms with Crippen LogP contribution in [-0.4, -0.2) is 60.0 Å². The van der Waals surface area contributed by atoms with Gasteiger partial charge in [-0.25, -0.2) is 30.4 Å². The average molecular weight is 494 g/mol. The molecule has 2 N–H and O–H groups in total. The molecular formula is C17H20ClN3O6S3. The Labute approximate surface area is 181 Å². The summed E-state index contributed by atoms with van der Waals surface area (Å²) in [5.41, 5.74) is 0.546. The SMILES string of the molecule is Cc1ccc(Cl)cc1S(=O)(=O)N1CCN(S(=O)(=O)c2ccc(S(N)(=O)=O)cc2)CC1. The highest BCUT2D eigenvalue weighted by Crippen LogP contribution is 2.26. The molecule has 0 atom stereocenters. The predicted molar refractivity (Wildman–Crippen MR) is 112 cm³/mol. The van der Waals surface area contributed by atoms with Crippen LogP contribution in [-0.2, 0) is 30.1 Å². The summed E-state index contributed by atoms with van der Waals surface area (Å²) >= 11 is 5.94. The number of aryl methyl sites for hydroxylation is 1. The van der Waals surface area contributed by atoms with Gasteiger partial charge in [0.05, 0.1) is 14.7 Å². The van der Waals surface area contributed by atoms with Crippen LogP contribution < -0.4 is 5.14 Å². The van der Waals surface area contributed by atoms with Crippen molar-refractivity contribution < 1.29 is 25.3 Å². The molecule has 0 aromatic heterocycles.